The summed E-state index contributed by atoms with van der Waals surface area (Å²) < 4.78 is 5.46. The van der Waals surface area contributed by atoms with Crippen LogP contribution in [0.2, 0.25) is 0 Å². The number of benzene rings is 4. The van der Waals surface area contributed by atoms with Crippen molar-refractivity contribution in [1.82, 2.24) is 0 Å². The zero-order valence-electron chi connectivity index (χ0n) is 16.5. The number of aliphatic imine (C=N–C) groups is 1. The van der Waals surface area contributed by atoms with Crippen molar-refractivity contribution >= 4 is 28.7 Å². The van der Waals surface area contributed by atoms with Gasteiger partial charge in [-0.15, -0.1) is 0 Å². The van der Waals surface area contributed by atoms with Gasteiger partial charge in [0.25, 0.3) is 0 Å². The van der Waals surface area contributed by atoms with E-state index < -0.39 is 5.97 Å². The van der Waals surface area contributed by atoms with E-state index in [2.05, 4.69) is 42.2 Å². The van der Waals surface area contributed by atoms with Gasteiger partial charge in [0.05, 0.1) is 0 Å². The van der Waals surface area contributed by atoms with Gasteiger partial charge in [-0.3, -0.25) is 0 Å². The number of rotatable bonds is 3. The van der Waals surface area contributed by atoms with Crippen LogP contribution in [0.3, 0.4) is 0 Å². The van der Waals surface area contributed by atoms with Gasteiger partial charge in [-0.25, -0.2) is 9.79 Å². The molecule has 5 rings (SSSR count). The number of aryl methyl sites for hydroxylation is 1. The highest BCUT2D eigenvalue weighted by molar-refractivity contribution is 6.13. The zero-order valence-corrected chi connectivity index (χ0v) is 16.5. The van der Waals surface area contributed by atoms with E-state index in [1.54, 1.807) is 6.08 Å². The Morgan fingerprint density at radius 2 is 1.33 bits per heavy atom. The third-order valence-electron chi connectivity index (χ3n) is 5.33. The summed E-state index contributed by atoms with van der Waals surface area (Å²) in [4.78, 5) is 16.9. The second-order valence-electron chi connectivity index (χ2n) is 7.30. The van der Waals surface area contributed by atoms with Gasteiger partial charge in [0.1, 0.15) is 0 Å². The Kier molecular flexibility index (Phi) is 4.49. The van der Waals surface area contributed by atoms with Crippen LogP contribution in [-0.2, 0) is 9.53 Å². The highest BCUT2D eigenvalue weighted by Gasteiger charge is 2.24. The summed E-state index contributed by atoms with van der Waals surface area (Å²) in [7, 11) is 0. The molecule has 0 spiro atoms. The van der Waals surface area contributed by atoms with E-state index >= 15 is 0 Å². The van der Waals surface area contributed by atoms with Crippen LogP contribution in [0.25, 0.3) is 28.0 Å². The molecule has 0 bridgehead atoms. The van der Waals surface area contributed by atoms with Gasteiger partial charge in [0.15, 0.2) is 5.70 Å². The molecule has 1 aliphatic heterocycles. The largest absolute Gasteiger partial charge is 0.402 e. The van der Waals surface area contributed by atoms with Gasteiger partial charge >= 0.3 is 5.97 Å². The van der Waals surface area contributed by atoms with Gasteiger partial charge in [-0.05, 0) is 58.2 Å². The summed E-state index contributed by atoms with van der Waals surface area (Å²) in [6.45, 7) is 2.08. The van der Waals surface area contributed by atoms with E-state index in [0.717, 1.165) is 27.6 Å². The molecule has 0 unspecified atom stereocenters. The van der Waals surface area contributed by atoms with Crippen LogP contribution in [0.15, 0.2) is 102 Å². The molecule has 0 amide bonds. The number of cyclic esters (lactones) is 1. The predicted octanol–water partition coefficient (Wildman–Crippen LogP) is 6.16. The quantitative estimate of drug-likeness (QED) is 0.311. The van der Waals surface area contributed by atoms with E-state index in [9.17, 15) is 4.79 Å². The van der Waals surface area contributed by atoms with Crippen LogP contribution in [-0.4, -0.2) is 11.9 Å². The number of esters is 1. The summed E-state index contributed by atoms with van der Waals surface area (Å²) >= 11 is 0. The fraction of sp³-hybridized carbons (Fsp3) is 0.0370. The number of ether oxygens (including phenoxy) is 1. The second-order valence-corrected chi connectivity index (χ2v) is 7.30. The molecule has 0 aromatic heterocycles. The van der Waals surface area contributed by atoms with Crippen molar-refractivity contribution in [3.63, 3.8) is 0 Å². The van der Waals surface area contributed by atoms with E-state index in [1.807, 2.05) is 60.7 Å². The van der Waals surface area contributed by atoms with Crippen molar-refractivity contribution in [2.75, 3.05) is 0 Å². The normalized spacial score (nSPS) is 14.8. The van der Waals surface area contributed by atoms with Crippen LogP contribution < -0.4 is 0 Å². The fourth-order valence-electron chi connectivity index (χ4n) is 3.71. The smallest absolute Gasteiger partial charge is 0.363 e. The van der Waals surface area contributed by atoms with Crippen LogP contribution in [0.4, 0.5) is 0 Å². The van der Waals surface area contributed by atoms with E-state index in [4.69, 9.17) is 4.74 Å². The molecule has 3 heteroatoms. The average molecular weight is 389 g/mol. The molecule has 30 heavy (non-hydrogen) atoms. The summed E-state index contributed by atoms with van der Waals surface area (Å²) in [6, 6.07) is 30.3. The highest BCUT2D eigenvalue weighted by atomic mass is 16.6. The number of carbonyl (C=O) groups is 1. The Morgan fingerprint density at radius 3 is 2.10 bits per heavy atom. The molecular formula is C27H19NO2. The molecule has 4 aromatic rings. The van der Waals surface area contributed by atoms with Gasteiger partial charge in [0, 0.05) is 5.56 Å². The number of hydrogen-bond acceptors (Lipinski definition) is 3. The van der Waals surface area contributed by atoms with E-state index in [1.165, 1.54) is 10.9 Å². The molecule has 3 nitrogen and oxygen atoms in total. The zero-order chi connectivity index (χ0) is 20.5. The number of fused-ring (bicyclic) bond motifs is 1. The van der Waals surface area contributed by atoms with Crippen LogP contribution in [0.5, 0.6) is 0 Å². The first kappa shape index (κ1) is 18.1. The molecule has 0 aliphatic carbocycles. The molecule has 4 aromatic carbocycles. The van der Waals surface area contributed by atoms with Crippen LogP contribution in [0, 0.1) is 6.92 Å². The third-order valence-corrected chi connectivity index (χ3v) is 5.33. The van der Waals surface area contributed by atoms with Crippen LogP contribution >= 0.6 is 0 Å². The average Bonchev–Trinajstić information content (AvgIpc) is 3.17. The predicted molar refractivity (Wildman–Crippen MR) is 121 cm³/mol. The van der Waals surface area contributed by atoms with Gasteiger partial charge in [-0.1, -0.05) is 78.9 Å². The van der Waals surface area contributed by atoms with Crippen molar-refractivity contribution in [2.45, 2.75) is 6.92 Å². The molecule has 1 heterocycles. The van der Waals surface area contributed by atoms with Gasteiger partial charge in [-0.2, -0.15) is 0 Å². The molecule has 0 fully saturated rings. The second kappa shape index (κ2) is 7.45. The molecule has 0 saturated carbocycles. The van der Waals surface area contributed by atoms with Crippen molar-refractivity contribution in [3.8, 4) is 11.1 Å². The summed E-state index contributed by atoms with van der Waals surface area (Å²) in [6.07, 6.45) is 1.80. The topological polar surface area (TPSA) is 38.7 Å². The Bertz CT molecular complexity index is 1320. The van der Waals surface area contributed by atoms with Crippen molar-refractivity contribution in [3.05, 3.63) is 113 Å². The summed E-state index contributed by atoms with van der Waals surface area (Å²) in [5, 5.41) is 2.26. The lowest BCUT2D eigenvalue weighted by Crippen LogP contribution is -2.05. The maximum absolute atomic E-state index is 12.4. The molecule has 1 aliphatic rings. The molecule has 144 valence electrons. The number of carbonyl (C=O) groups excluding carboxylic acids is 1. The number of nitrogens with zero attached hydrogens (tertiary/aromatic N) is 1. The lowest BCUT2D eigenvalue weighted by Gasteiger charge is -2.05. The monoisotopic (exact) mass is 389 g/mol. The van der Waals surface area contributed by atoms with Gasteiger partial charge in [0.2, 0.25) is 5.90 Å². The molecule has 0 atom stereocenters. The third kappa shape index (κ3) is 3.31. The molecule has 0 radical (unpaired) electrons. The van der Waals surface area contributed by atoms with Crippen LogP contribution in [0.1, 0.15) is 16.7 Å². The Hall–Kier alpha value is -3.98. The first-order valence-corrected chi connectivity index (χ1v) is 9.86. The fourth-order valence-corrected chi connectivity index (χ4v) is 3.71. The maximum Gasteiger partial charge on any atom is 0.363 e. The van der Waals surface area contributed by atoms with Crippen molar-refractivity contribution in [1.29, 1.82) is 0 Å². The lowest BCUT2D eigenvalue weighted by molar-refractivity contribution is -0.129. The summed E-state index contributed by atoms with van der Waals surface area (Å²) in [5.74, 6) is -0.0935. The minimum Gasteiger partial charge on any atom is -0.402 e. The van der Waals surface area contributed by atoms with Gasteiger partial charge < -0.3 is 4.74 Å². The van der Waals surface area contributed by atoms with Crippen molar-refractivity contribution in [2.24, 2.45) is 4.99 Å². The molecular weight excluding hydrogens is 370 g/mol. The number of hydrogen-bond donors (Lipinski definition) is 0. The first-order valence-electron chi connectivity index (χ1n) is 9.86. The van der Waals surface area contributed by atoms with Crippen molar-refractivity contribution < 1.29 is 9.53 Å². The highest BCUT2D eigenvalue weighted by Crippen LogP contribution is 2.27. The maximum atomic E-state index is 12.4. The van der Waals surface area contributed by atoms with E-state index in [-0.39, 0.29) is 0 Å². The molecule has 0 N–H and O–H groups in total. The minimum atomic E-state index is -0.429. The standard InChI is InChI=1S/C27H19NO2/c1-18-11-12-22(24-10-6-5-9-23(18)24)17-25-27(29)30-26(28-25)21-15-13-20(14-16-21)19-7-3-2-4-8-19/h2-17H,1H3/b25-17-. The Labute approximate surface area is 175 Å². The Morgan fingerprint density at radius 1 is 0.700 bits per heavy atom. The minimum absolute atomic E-state index is 0.311. The summed E-state index contributed by atoms with van der Waals surface area (Å²) in [5.41, 5.74) is 5.48. The van der Waals surface area contributed by atoms with E-state index in [0.29, 0.717) is 11.6 Å². The SMILES string of the molecule is Cc1ccc(/C=C2\N=C(c3ccc(-c4ccccc4)cc3)OC2=O)c2ccccc12. The first-order chi connectivity index (χ1) is 14.7. The molecule has 0 saturated heterocycles. The lowest BCUT2D eigenvalue weighted by atomic mass is 10.00. The Balaban J connectivity index is 1.49.